The predicted molar refractivity (Wildman–Crippen MR) is 50.4 cm³/mol. The summed E-state index contributed by atoms with van der Waals surface area (Å²) < 4.78 is 6.08. The Bertz CT molecular complexity index is 284. The lowest BCUT2D eigenvalue weighted by Gasteiger charge is -2.03. The van der Waals surface area contributed by atoms with Crippen LogP contribution in [0.3, 0.4) is 0 Å². The van der Waals surface area contributed by atoms with Crippen LogP contribution in [0.2, 0.25) is 0 Å². The summed E-state index contributed by atoms with van der Waals surface area (Å²) in [6.45, 7) is 2.10. The first-order chi connectivity index (χ1) is 5.74. The average Bonchev–Trinajstić information content (AvgIpc) is 2.07. The van der Waals surface area contributed by atoms with Crippen LogP contribution in [0.5, 0.6) is 5.75 Å². The fourth-order valence-electron chi connectivity index (χ4n) is 0.794. The molecule has 1 rings (SSSR count). The van der Waals surface area contributed by atoms with Gasteiger partial charge in [-0.2, -0.15) is 0 Å². The van der Waals surface area contributed by atoms with Crippen LogP contribution in [0.15, 0.2) is 22.7 Å². The van der Waals surface area contributed by atoms with Crippen molar-refractivity contribution in [1.82, 2.24) is 0 Å². The molecule has 2 nitrogen and oxygen atoms in total. The normalized spacial score (nSPS) is 9.50. The molecule has 12 heavy (non-hydrogen) atoms. The summed E-state index contributed by atoms with van der Waals surface area (Å²) in [7, 11) is 0. The maximum Gasteiger partial charge on any atom is 0.157 e. The van der Waals surface area contributed by atoms with E-state index in [-0.39, 0.29) is 6.61 Å². The molecule has 0 N–H and O–H groups in total. The van der Waals surface area contributed by atoms with Gasteiger partial charge in [0.05, 0.1) is 0 Å². The number of halogens is 1. The monoisotopic (exact) mass is 228 g/mol. The predicted octanol–water partition coefficient (Wildman–Crippen LogP) is 2.34. The Morgan fingerprint density at radius 3 is 2.92 bits per heavy atom. The second-order valence-electron chi connectivity index (χ2n) is 2.39. The molecule has 0 unspecified atom stereocenters. The quantitative estimate of drug-likeness (QED) is 0.743. The van der Waals surface area contributed by atoms with Crippen molar-refractivity contribution < 1.29 is 9.53 Å². The second kappa shape index (κ2) is 4.26. The summed E-state index contributed by atoms with van der Waals surface area (Å²) in [6, 6.07) is 5.62. The van der Waals surface area contributed by atoms with Gasteiger partial charge in [-0.15, -0.1) is 0 Å². The van der Waals surface area contributed by atoms with Crippen molar-refractivity contribution in [2.24, 2.45) is 0 Å². The van der Waals surface area contributed by atoms with Gasteiger partial charge in [0.2, 0.25) is 0 Å². The smallest absolute Gasteiger partial charge is 0.157 e. The van der Waals surface area contributed by atoms with Gasteiger partial charge < -0.3 is 4.74 Å². The van der Waals surface area contributed by atoms with Gasteiger partial charge in [-0.05, 0) is 24.6 Å². The molecule has 0 atom stereocenters. The largest absolute Gasteiger partial charge is 0.486 e. The van der Waals surface area contributed by atoms with Gasteiger partial charge >= 0.3 is 0 Å². The van der Waals surface area contributed by atoms with Crippen LogP contribution >= 0.6 is 15.9 Å². The van der Waals surface area contributed by atoms with Gasteiger partial charge in [0.1, 0.15) is 12.4 Å². The maximum atomic E-state index is 9.99. The first-order valence-electron chi connectivity index (χ1n) is 3.56. The summed E-state index contributed by atoms with van der Waals surface area (Å²) in [5.41, 5.74) is 1.15. The van der Waals surface area contributed by atoms with Gasteiger partial charge in [-0.25, -0.2) is 0 Å². The number of carbonyl (C=O) groups is 1. The van der Waals surface area contributed by atoms with Crippen LogP contribution in [-0.2, 0) is 4.79 Å². The van der Waals surface area contributed by atoms with E-state index in [1.807, 2.05) is 25.1 Å². The van der Waals surface area contributed by atoms with Gasteiger partial charge in [0, 0.05) is 4.47 Å². The molecular weight excluding hydrogens is 220 g/mol. The summed E-state index contributed by atoms with van der Waals surface area (Å²) in [4.78, 5) is 9.99. The van der Waals surface area contributed by atoms with E-state index >= 15 is 0 Å². The third-order valence-corrected chi connectivity index (χ3v) is 2.32. The van der Waals surface area contributed by atoms with Crippen LogP contribution in [-0.4, -0.2) is 12.9 Å². The molecule has 0 saturated heterocycles. The number of carbonyl (C=O) groups excluding carboxylic acids is 1. The lowest BCUT2D eigenvalue weighted by Crippen LogP contribution is -1.97. The summed E-state index contributed by atoms with van der Waals surface area (Å²) in [5, 5.41) is 0. The van der Waals surface area contributed by atoms with Crippen molar-refractivity contribution in [3.63, 3.8) is 0 Å². The van der Waals surface area contributed by atoms with Gasteiger partial charge in [0.15, 0.2) is 6.29 Å². The SMILES string of the molecule is Cc1ccc(OCC=O)cc1Br. The Hall–Kier alpha value is -0.830. The molecule has 0 aliphatic carbocycles. The van der Waals surface area contributed by atoms with Crippen molar-refractivity contribution in [3.8, 4) is 5.75 Å². The minimum absolute atomic E-state index is 0.107. The van der Waals surface area contributed by atoms with E-state index in [0.29, 0.717) is 5.75 Å². The maximum absolute atomic E-state index is 9.99. The van der Waals surface area contributed by atoms with Crippen molar-refractivity contribution >= 4 is 22.2 Å². The van der Waals surface area contributed by atoms with E-state index in [0.717, 1.165) is 16.3 Å². The topological polar surface area (TPSA) is 26.3 Å². The molecule has 0 spiro atoms. The Labute approximate surface area is 79.7 Å². The molecule has 0 aliphatic heterocycles. The van der Waals surface area contributed by atoms with Crippen molar-refractivity contribution in [2.45, 2.75) is 6.92 Å². The van der Waals surface area contributed by atoms with E-state index in [1.54, 1.807) is 0 Å². The fourth-order valence-corrected chi connectivity index (χ4v) is 1.15. The summed E-state index contributed by atoms with van der Waals surface area (Å²) >= 11 is 3.37. The zero-order chi connectivity index (χ0) is 8.97. The van der Waals surface area contributed by atoms with E-state index in [2.05, 4.69) is 15.9 Å². The third kappa shape index (κ3) is 2.34. The molecule has 0 heterocycles. The van der Waals surface area contributed by atoms with E-state index in [9.17, 15) is 4.79 Å². The molecule has 0 aromatic heterocycles. The number of ether oxygens (including phenoxy) is 1. The lowest BCUT2D eigenvalue weighted by atomic mass is 10.2. The number of aldehydes is 1. The number of hydrogen-bond acceptors (Lipinski definition) is 2. The van der Waals surface area contributed by atoms with Crippen LogP contribution in [0, 0.1) is 6.92 Å². The van der Waals surface area contributed by atoms with E-state index in [4.69, 9.17) is 4.74 Å². The highest BCUT2D eigenvalue weighted by molar-refractivity contribution is 9.10. The molecule has 0 radical (unpaired) electrons. The molecular formula is C9H9BrO2. The Kier molecular flexibility index (Phi) is 3.29. The number of rotatable bonds is 3. The molecule has 0 fully saturated rings. The standard InChI is InChI=1S/C9H9BrO2/c1-7-2-3-8(6-9(7)10)12-5-4-11/h2-4,6H,5H2,1H3. The Morgan fingerprint density at radius 1 is 1.58 bits per heavy atom. The van der Waals surface area contributed by atoms with Crippen molar-refractivity contribution in [3.05, 3.63) is 28.2 Å². The Balaban J connectivity index is 2.75. The van der Waals surface area contributed by atoms with Crippen molar-refractivity contribution in [2.75, 3.05) is 6.61 Å². The number of aryl methyl sites for hydroxylation is 1. The van der Waals surface area contributed by atoms with Gasteiger partial charge in [-0.3, -0.25) is 4.79 Å². The van der Waals surface area contributed by atoms with Crippen LogP contribution in [0.1, 0.15) is 5.56 Å². The van der Waals surface area contributed by atoms with E-state index < -0.39 is 0 Å². The summed E-state index contributed by atoms with van der Waals surface area (Å²) in [6.07, 6.45) is 0.730. The molecule has 1 aromatic carbocycles. The average molecular weight is 229 g/mol. The molecule has 0 aliphatic rings. The molecule has 0 amide bonds. The number of benzene rings is 1. The minimum Gasteiger partial charge on any atom is -0.486 e. The Morgan fingerprint density at radius 2 is 2.33 bits per heavy atom. The van der Waals surface area contributed by atoms with Crippen molar-refractivity contribution in [1.29, 1.82) is 0 Å². The van der Waals surface area contributed by atoms with Gasteiger partial charge in [0.25, 0.3) is 0 Å². The first-order valence-corrected chi connectivity index (χ1v) is 4.36. The third-order valence-electron chi connectivity index (χ3n) is 1.46. The highest BCUT2D eigenvalue weighted by atomic mass is 79.9. The molecule has 0 bridgehead atoms. The zero-order valence-electron chi connectivity index (χ0n) is 6.71. The minimum atomic E-state index is 0.107. The van der Waals surface area contributed by atoms with Crippen LogP contribution in [0.25, 0.3) is 0 Å². The zero-order valence-corrected chi connectivity index (χ0v) is 8.30. The fraction of sp³-hybridized carbons (Fsp3) is 0.222. The molecule has 1 aromatic rings. The van der Waals surface area contributed by atoms with E-state index in [1.165, 1.54) is 0 Å². The highest BCUT2D eigenvalue weighted by Crippen LogP contribution is 2.21. The van der Waals surface area contributed by atoms with Crippen LogP contribution in [0.4, 0.5) is 0 Å². The first kappa shape index (κ1) is 9.26. The summed E-state index contributed by atoms with van der Waals surface area (Å²) in [5.74, 6) is 0.708. The highest BCUT2D eigenvalue weighted by Gasteiger charge is 1.96. The molecule has 3 heteroatoms. The van der Waals surface area contributed by atoms with Gasteiger partial charge in [-0.1, -0.05) is 22.0 Å². The molecule has 64 valence electrons. The number of hydrogen-bond donors (Lipinski definition) is 0. The second-order valence-corrected chi connectivity index (χ2v) is 3.24. The lowest BCUT2D eigenvalue weighted by molar-refractivity contribution is -0.109. The molecule has 0 saturated carbocycles. The van der Waals surface area contributed by atoms with Crippen LogP contribution < -0.4 is 4.74 Å².